The zero-order chi connectivity index (χ0) is 23.0. The van der Waals surface area contributed by atoms with Crippen molar-refractivity contribution in [2.45, 2.75) is 6.42 Å². The fourth-order valence-electron chi connectivity index (χ4n) is 3.51. The molecule has 0 unspecified atom stereocenters. The molecule has 4 rings (SSSR count). The lowest BCUT2D eigenvalue weighted by molar-refractivity contribution is 0.0383. The second kappa shape index (κ2) is 10.8. The Morgan fingerprint density at radius 3 is 2.33 bits per heavy atom. The summed E-state index contributed by atoms with van der Waals surface area (Å²) >= 11 is 0. The number of morpholine rings is 1. The van der Waals surface area contributed by atoms with Crippen molar-refractivity contribution in [2.24, 2.45) is 0 Å². The largest absolute Gasteiger partial charge is 0.508 e. The fraction of sp³-hybridized carbons (Fsp3) is 0.231. The molecule has 0 saturated carbocycles. The number of phenols is 2. The van der Waals surface area contributed by atoms with Crippen molar-refractivity contribution in [2.75, 3.05) is 32.8 Å². The number of pyridine rings is 1. The number of aromatic nitrogens is 1. The van der Waals surface area contributed by atoms with Gasteiger partial charge in [-0.25, -0.2) is 4.79 Å². The summed E-state index contributed by atoms with van der Waals surface area (Å²) in [5.74, 6) is -0.0302. The molecule has 170 valence electrons. The van der Waals surface area contributed by atoms with Crippen LogP contribution in [0.15, 0.2) is 60.8 Å². The quantitative estimate of drug-likeness (QED) is 0.324. The number of hydrogen-bond donors (Lipinski definition) is 2. The molecule has 0 amide bonds. The lowest BCUT2D eigenvalue weighted by Crippen LogP contribution is -2.37. The maximum Gasteiger partial charge on any atom is 0.345 e. The molecule has 2 N–H and O–H groups in total. The SMILES string of the molecule is O=C(Oc1ccc(/C=C/c2cc(O)cc(O)c2)cc1)c1ccc(CCN2CCOCC2)nc1. The molecule has 7 nitrogen and oxygen atoms in total. The van der Waals surface area contributed by atoms with Gasteiger partial charge in [0, 0.05) is 44.0 Å². The zero-order valence-electron chi connectivity index (χ0n) is 18.2. The topological polar surface area (TPSA) is 92.1 Å². The van der Waals surface area contributed by atoms with Crippen LogP contribution < -0.4 is 4.74 Å². The van der Waals surface area contributed by atoms with E-state index in [4.69, 9.17) is 9.47 Å². The minimum absolute atomic E-state index is 0.00321. The van der Waals surface area contributed by atoms with Crippen molar-refractivity contribution in [3.8, 4) is 17.2 Å². The zero-order valence-corrected chi connectivity index (χ0v) is 18.2. The van der Waals surface area contributed by atoms with Gasteiger partial charge >= 0.3 is 5.97 Å². The summed E-state index contributed by atoms with van der Waals surface area (Å²) in [6, 6.07) is 15.0. The average molecular weight is 447 g/mol. The number of rotatable bonds is 7. The van der Waals surface area contributed by atoms with Crippen LogP contribution in [0.2, 0.25) is 0 Å². The molecule has 7 heteroatoms. The van der Waals surface area contributed by atoms with Crippen LogP contribution in [-0.2, 0) is 11.2 Å². The summed E-state index contributed by atoms with van der Waals surface area (Å²) in [6.07, 6.45) is 5.98. The average Bonchev–Trinajstić information content (AvgIpc) is 2.83. The highest BCUT2D eigenvalue weighted by molar-refractivity contribution is 5.90. The molecule has 0 bridgehead atoms. The van der Waals surface area contributed by atoms with Gasteiger partial charge in [0.15, 0.2) is 0 Å². The van der Waals surface area contributed by atoms with Crippen LogP contribution in [0.25, 0.3) is 12.2 Å². The van der Waals surface area contributed by atoms with Crippen LogP contribution in [0.3, 0.4) is 0 Å². The van der Waals surface area contributed by atoms with E-state index in [0.29, 0.717) is 16.9 Å². The first kappa shape index (κ1) is 22.5. The van der Waals surface area contributed by atoms with Gasteiger partial charge in [-0.05, 0) is 47.5 Å². The number of phenolic OH excluding ortho intramolecular Hbond substituents is 2. The van der Waals surface area contributed by atoms with Crippen molar-refractivity contribution in [3.63, 3.8) is 0 Å². The van der Waals surface area contributed by atoms with Gasteiger partial charge in [0.25, 0.3) is 0 Å². The maximum atomic E-state index is 12.4. The molecule has 33 heavy (non-hydrogen) atoms. The number of hydrogen-bond acceptors (Lipinski definition) is 7. The summed E-state index contributed by atoms with van der Waals surface area (Å²) in [7, 11) is 0. The molecule has 3 aromatic rings. The van der Waals surface area contributed by atoms with Gasteiger partial charge in [-0.15, -0.1) is 0 Å². The molecule has 1 aliphatic heterocycles. The molecule has 2 heterocycles. The van der Waals surface area contributed by atoms with Gasteiger partial charge in [0.2, 0.25) is 0 Å². The molecular formula is C26H26N2O5. The van der Waals surface area contributed by atoms with E-state index in [-0.39, 0.29) is 11.5 Å². The van der Waals surface area contributed by atoms with Crippen LogP contribution in [-0.4, -0.2) is 58.9 Å². The monoisotopic (exact) mass is 446 g/mol. The normalized spacial score (nSPS) is 14.4. The van der Waals surface area contributed by atoms with E-state index in [9.17, 15) is 15.0 Å². The van der Waals surface area contributed by atoms with Crippen molar-refractivity contribution in [1.29, 1.82) is 0 Å². The first-order valence-corrected chi connectivity index (χ1v) is 10.8. The van der Waals surface area contributed by atoms with Crippen LogP contribution in [0, 0.1) is 0 Å². The second-order valence-electron chi connectivity index (χ2n) is 7.82. The molecule has 1 aromatic heterocycles. The Balaban J connectivity index is 1.30. The smallest absolute Gasteiger partial charge is 0.345 e. The molecule has 0 radical (unpaired) electrons. The molecule has 1 saturated heterocycles. The van der Waals surface area contributed by atoms with Gasteiger partial charge in [-0.3, -0.25) is 9.88 Å². The van der Waals surface area contributed by atoms with Crippen LogP contribution in [0.1, 0.15) is 27.2 Å². The lowest BCUT2D eigenvalue weighted by atomic mass is 10.1. The fourth-order valence-corrected chi connectivity index (χ4v) is 3.51. The van der Waals surface area contributed by atoms with E-state index in [2.05, 4.69) is 9.88 Å². The molecule has 0 spiro atoms. The number of nitrogens with zero attached hydrogens (tertiary/aromatic N) is 2. The first-order chi connectivity index (χ1) is 16.0. The Bertz CT molecular complexity index is 1080. The van der Waals surface area contributed by atoms with E-state index in [1.807, 2.05) is 24.3 Å². The predicted octanol–water partition coefficient (Wildman–Crippen LogP) is 3.76. The Labute approximate surface area is 192 Å². The predicted molar refractivity (Wildman–Crippen MR) is 125 cm³/mol. The number of carbonyl (C=O) groups excluding carboxylic acids is 1. The Kier molecular flexibility index (Phi) is 7.34. The Morgan fingerprint density at radius 2 is 1.67 bits per heavy atom. The number of aromatic hydroxyl groups is 2. The van der Waals surface area contributed by atoms with Crippen molar-refractivity contribution >= 4 is 18.1 Å². The number of ether oxygens (including phenoxy) is 2. The first-order valence-electron chi connectivity index (χ1n) is 10.8. The van der Waals surface area contributed by atoms with Gasteiger partial charge in [0.05, 0.1) is 18.8 Å². The van der Waals surface area contributed by atoms with Crippen LogP contribution in [0.4, 0.5) is 0 Å². The number of benzene rings is 2. The highest BCUT2D eigenvalue weighted by atomic mass is 16.5. The summed E-state index contributed by atoms with van der Waals surface area (Å²) in [5, 5.41) is 19.1. The Morgan fingerprint density at radius 1 is 0.970 bits per heavy atom. The van der Waals surface area contributed by atoms with Crippen LogP contribution >= 0.6 is 0 Å². The molecule has 1 aliphatic rings. The van der Waals surface area contributed by atoms with Crippen molar-refractivity contribution in [3.05, 3.63) is 83.2 Å². The third-order valence-corrected chi connectivity index (χ3v) is 5.33. The molecule has 1 fully saturated rings. The third kappa shape index (κ3) is 6.65. The van der Waals surface area contributed by atoms with E-state index in [1.54, 1.807) is 42.6 Å². The van der Waals surface area contributed by atoms with E-state index in [1.165, 1.54) is 6.07 Å². The molecule has 0 aliphatic carbocycles. The minimum atomic E-state index is -0.458. The highest BCUT2D eigenvalue weighted by Gasteiger charge is 2.12. The number of esters is 1. The molecule has 0 atom stereocenters. The van der Waals surface area contributed by atoms with E-state index >= 15 is 0 Å². The van der Waals surface area contributed by atoms with Gasteiger partial charge < -0.3 is 19.7 Å². The van der Waals surface area contributed by atoms with Crippen LogP contribution in [0.5, 0.6) is 17.2 Å². The van der Waals surface area contributed by atoms with E-state index < -0.39 is 5.97 Å². The third-order valence-electron chi connectivity index (χ3n) is 5.33. The molecular weight excluding hydrogens is 420 g/mol. The standard InChI is InChI=1S/C26H26N2O5/c29-23-15-20(16-24(30)17-23)2-1-19-3-7-25(8-4-19)33-26(31)21-5-6-22(27-18-21)9-10-28-11-13-32-14-12-28/h1-8,15-18,29-30H,9-14H2/b2-1+. The Hall–Kier alpha value is -3.68. The van der Waals surface area contributed by atoms with E-state index in [0.717, 1.165) is 50.5 Å². The summed E-state index contributed by atoms with van der Waals surface area (Å²) in [5.41, 5.74) is 2.89. The van der Waals surface area contributed by atoms with Gasteiger partial charge in [-0.2, -0.15) is 0 Å². The van der Waals surface area contributed by atoms with Crippen molar-refractivity contribution in [1.82, 2.24) is 9.88 Å². The lowest BCUT2D eigenvalue weighted by Gasteiger charge is -2.26. The number of carbonyl (C=O) groups is 1. The minimum Gasteiger partial charge on any atom is -0.508 e. The van der Waals surface area contributed by atoms with Gasteiger partial charge in [0.1, 0.15) is 17.2 Å². The molecule has 2 aromatic carbocycles. The highest BCUT2D eigenvalue weighted by Crippen LogP contribution is 2.22. The summed E-state index contributed by atoms with van der Waals surface area (Å²) in [4.78, 5) is 19.2. The second-order valence-corrected chi connectivity index (χ2v) is 7.82. The van der Waals surface area contributed by atoms with Crippen molar-refractivity contribution < 1.29 is 24.5 Å². The maximum absolute atomic E-state index is 12.4. The van der Waals surface area contributed by atoms with Gasteiger partial charge in [-0.1, -0.05) is 24.3 Å². The summed E-state index contributed by atoms with van der Waals surface area (Å²) in [6.45, 7) is 4.36. The summed E-state index contributed by atoms with van der Waals surface area (Å²) < 4.78 is 10.8.